The van der Waals surface area contributed by atoms with Gasteiger partial charge in [-0.15, -0.1) is 0 Å². The molecule has 0 spiro atoms. The molecule has 1 aliphatic heterocycles. The van der Waals surface area contributed by atoms with E-state index in [-0.39, 0.29) is 17.9 Å². The van der Waals surface area contributed by atoms with E-state index in [9.17, 15) is 4.79 Å². The molecule has 6 rings (SSSR count). The van der Waals surface area contributed by atoms with Crippen LogP contribution < -0.4 is 4.90 Å². The molecular formula is C23H23N7O. The molecule has 1 atom stereocenters. The van der Waals surface area contributed by atoms with E-state index < -0.39 is 5.92 Å². The minimum atomic E-state index is -0.569. The predicted octanol–water partition coefficient (Wildman–Crippen LogP) is 3.72. The highest BCUT2D eigenvalue weighted by molar-refractivity contribution is 6.02. The second kappa shape index (κ2) is 7.88. The zero-order valence-corrected chi connectivity index (χ0v) is 17.2. The first kappa shape index (κ1) is 19.3. The lowest BCUT2D eigenvalue weighted by atomic mass is 9.81. The van der Waals surface area contributed by atoms with Crippen LogP contribution in [0.25, 0.3) is 16.6 Å². The van der Waals surface area contributed by atoms with Gasteiger partial charge in [-0.05, 0) is 31.4 Å². The number of fused-ring (bicyclic) bond motifs is 1. The van der Waals surface area contributed by atoms with Crippen LogP contribution in [0.15, 0.2) is 36.9 Å². The van der Waals surface area contributed by atoms with E-state index in [1.165, 1.54) is 19.3 Å². The fourth-order valence-electron chi connectivity index (χ4n) is 4.02. The fourth-order valence-corrected chi connectivity index (χ4v) is 4.02. The summed E-state index contributed by atoms with van der Waals surface area (Å²) in [5, 5.41) is 26.9. The maximum atomic E-state index is 12.5. The van der Waals surface area contributed by atoms with Gasteiger partial charge >= 0.3 is 0 Å². The Kier molecular flexibility index (Phi) is 4.91. The van der Waals surface area contributed by atoms with Gasteiger partial charge < -0.3 is 4.90 Å². The lowest BCUT2D eigenvalue weighted by molar-refractivity contribution is -0.118. The van der Waals surface area contributed by atoms with Gasteiger partial charge in [-0.1, -0.05) is 19.3 Å². The SMILES string of the molecule is C1CC1.N#CC1CC(n2cc(-c3cc4c(N5CCC(C#N)C5=O)ccnn4c3)cn2)C1. The second-order valence-corrected chi connectivity index (χ2v) is 8.46. The molecule has 1 unspecified atom stereocenters. The second-order valence-electron chi connectivity index (χ2n) is 8.46. The fraction of sp³-hybridized carbons (Fsp3) is 0.435. The number of nitriles is 2. The van der Waals surface area contributed by atoms with Crippen molar-refractivity contribution in [3.8, 4) is 23.3 Å². The summed E-state index contributed by atoms with van der Waals surface area (Å²) in [7, 11) is 0. The molecule has 8 nitrogen and oxygen atoms in total. The molecule has 0 N–H and O–H groups in total. The molecule has 2 aliphatic carbocycles. The normalized spacial score (nSPS) is 24.1. The van der Waals surface area contributed by atoms with E-state index in [2.05, 4.69) is 22.3 Å². The van der Waals surface area contributed by atoms with E-state index in [0.717, 1.165) is 35.2 Å². The topological polar surface area (TPSA) is 103 Å². The Morgan fingerprint density at radius 3 is 2.52 bits per heavy atom. The summed E-state index contributed by atoms with van der Waals surface area (Å²) in [6.45, 7) is 0.539. The Balaban J connectivity index is 0.000000628. The summed E-state index contributed by atoms with van der Waals surface area (Å²) >= 11 is 0. The highest BCUT2D eigenvalue weighted by Gasteiger charge is 2.34. The molecule has 0 bridgehead atoms. The third-order valence-electron chi connectivity index (χ3n) is 6.10. The Labute approximate surface area is 180 Å². The highest BCUT2D eigenvalue weighted by atomic mass is 16.2. The third-order valence-corrected chi connectivity index (χ3v) is 6.10. The van der Waals surface area contributed by atoms with Crippen LogP contribution in [0.2, 0.25) is 0 Å². The van der Waals surface area contributed by atoms with Crippen molar-refractivity contribution in [2.45, 2.75) is 44.6 Å². The molecule has 3 fully saturated rings. The molecule has 0 radical (unpaired) electrons. The van der Waals surface area contributed by atoms with Gasteiger partial charge in [0.15, 0.2) is 0 Å². The zero-order valence-electron chi connectivity index (χ0n) is 17.2. The first-order valence-electron chi connectivity index (χ1n) is 10.8. The van der Waals surface area contributed by atoms with Crippen molar-refractivity contribution in [3.05, 3.63) is 36.9 Å². The van der Waals surface area contributed by atoms with Crippen molar-refractivity contribution in [3.63, 3.8) is 0 Å². The summed E-state index contributed by atoms with van der Waals surface area (Å²) in [5.41, 5.74) is 3.53. The van der Waals surface area contributed by atoms with E-state index in [1.807, 2.05) is 35.4 Å². The summed E-state index contributed by atoms with van der Waals surface area (Å²) in [4.78, 5) is 14.1. The molecule has 8 heteroatoms. The van der Waals surface area contributed by atoms with Gasteiger partial charge in [0.2, 0.25) is 5.91 Å². The van der Waals surface area contributed by atoms with Crippen LogP contribution in [0.1, 0.15) is 44.6 Å². The zero-order chi connectivity index (χ0) is 21.4. The van der Waals surface area contributed by atoms with Crippen molar-refractivity contribution in [1.29, 1.82) is 10.5 Å². The molecule has 3 aliphatic rings. The Morgan fingerprint density at radius 2 is 1.84 bits per heavy atom. The maximum absolute atomic E-state index is 12.5. The minimum absolute atomic E-state index is 0.136. The minimum Gasteiger partial charge on any atom is -0.309 e. The number of hydrogen-bond donors (Lipinski definition) is 0. The molecule has 31 heavy (non-hydrogen) atoms. The van der Waals surface area contributed by atoms with Crippen molar-refractivity contribution in [2.24, 2.45) is 11.8 Å². The number of rotatable bonds is 3. The summed E-state index contributed by atoms with van der Waals surface area (Å²) < 4.78 is 3.69. The van der Waals surface area contributed by atoms with Gasteiger partial charge in [-0.2, -0.15) is 20.7 Å². The Bertz CT molecular complexity index is 1200. The van der Waals surface area contributed by atoms with Crippen LogP contribution in [-0.4, -0.2) is 31.8 Å². The maximum Gasteiger partial charge on any atom is 0.244 e. The van der Waals surface area contributed by atoms with Crippen LogP contribution in [0.3, 0.4) is 0 Å². The third kappa shape index (κ3) is 3.66. The van der Waals surface area contributed by atoms with Crippen molar-refractivity contribution >= 4 is 17.1 Å². The molecule has 3 aromatic heterocycles. The molecule has 3 aromatic rings. The largest absolute Gasteiger partial charge is 0.309 e. The smallest absolute Gasteiger partial charge is 0.244 e. The number of nitrogens with zero attached hydrogens (tertiary/aromatic N) is 7. The van der Waals surface area contributed by atoms with Crippen LogP contribution in [0.4, 0.5) is 5.69 Å². The molecular weight excluding hydrogens is 390 g/mol. The van der Waals surface area contributed by atoms with Gasteiger partial charge in [0.25, 0.3) is 0 Å². The average Bonchev–Trinajstić information content (AvgIpc) is 3.30. The van der Waals surface area contributed by atoms with Crippen molar-refractivity contribution < 1.29 is 4.79 Å². The van der Waals surface area contributed by atoms with Gasteiger partial charge in [-0.25, -0.2) is 4.52 Å². The quantitative estimate of drug-likeness (QED) is 0.651. The Hall–Kier alpha value is -3.65. The Morgan fingerprint density at radius 1 is 1.03 bits per heavy atom. The van der Waals surface area contributed by atoms with E-state index in [1.54, 1.807) is 15.6 Å². The number of aromatic nitrogens is 4. The van der Waals surface area contributed by atoms with Crippen LogP contribution in [0, 0.1) is 34.5 Å². The summed E-state index contributed by atoms with van der Waals surface area (Å²) in [6.07, 6.45) is 14.1. The lowest BCUT2D eigenvalue weighted by Crippen LogP contribution is -2.27. The summed E-state index contributed by atoms with van der Waals surface area (Å²) in [6, 6.07) is 8.47. The lowest BCUT2D eigenvalue weighted by Gasteiger charge is -2.30. The molecule has 4 heterocycles. The molecule has 156 valence electrons. The molecule has 1 saturated heterocycles. The van der Waals surface area contributed by atoms with Crippen molar-refractivity contribution in [1.82, 2.24) is 19.4 Å². The number of carbonyl (C=O) groups is 1. The highest BCUT2D eigenvalue weighted by Crippen LogP contribution is 2.38. The molecule has 0 aromatic carbocycles. The number of carbonyl (C=O) groups excluding carboxylic acids is 1. The van der Waals surface area contributed by atoms with Gasteiger partial charge in [0.1, 0.15) is 5.92 Å². The van der Waals surface area contributed by atoms with E-state index in [4.69, 9.17) is 10.5 Å². The molecule has 1 amide bonds. The average molecular weight is 413 g/mol. The number of anilines is 1. The standard InChI is InChI=1S/C20H17N7O.C3H6/c21-8-13-5-17(6-13)26-12-16(10-24-26)15-7-19-18(1-3-23-27(19)11-15)25-4-2-14(9-22)20(25)28;1-2-3-1/h1,3,7,10-14,17H,2,4-6H2;1-3H2. The van der Waals surface area contributed by atoms with E-state index >= 15 is 0 Å². The number of amides is 1. The van der Waals surface area contributed by atoms with Gasteiger partial charge in [0.05, 0.1) is 41.5 Å². The summed E-state index contributed by atoms with van der Waals surface area (Å²) in [5.74, 6) is -0.583. The van der Waals surface area contributed by atoms with Crippen LogP contribution in [0.5, 0.6) is 0 Å². The van der Waals surface area contributed by atoms with Gasteiger partial charge in [0, 0.05) is 36.3 Å². The van der Waals surface area contributed by atoms with Gasteiger partial charge in [-0.3, -0.25) is 9.48 Å². The van der Waals surface area contributed by atoms with Crippen molar-refractivity contribution in [2.75, 3.05) is 11.4 Å². The van der Waals surface area contributed by atoms with Crippen LogP contribution in [-0.2, 0) is 4.79 Å². The van der Waals surface area contributed by atoms with Crippen LogP contribution >= 0.6 is 0 Å². The number of hydrogen-bond acceptors (Lipinski definition) is 5. The predicted molar refractivity (Wildman–Crippen MR) is 114 cm³/mol. The molecule has 2 saturated carbocycles. The van der Waals surface area contributed by atoms with E-state index in [0.29, 0.717) is 13.0 Å². The first-order valence-corrected chi connectivity index (χ1v) is 10.8. The monoisotopic (exact) mass is 413 g/mol. The first-order chi connectivity index (χ1) is 15.2.